The van der Waals surface area contributed by atoms with Gasteiger partial charge < -0.3 is 15.5 Å². The molecule has 3 fully saturated rings. The Balaban J connectivity index is 1.49. The monoisotopic (exact) mass is 390 g/mol. The lowest BCUT2D eigenvalue weighted by Crippen LogP contribution is -2.35. The number of urea groups is 1. The first kappa shape index (κ1) is 18.2. The molecule has 3 atom stereocenters. The number of likely N-dealkylation sites (tertiary alicyclic amines) is 1. The number of aryl methyl sites for hydroxylation is 1. The van der Waals surface area contributed by atoms with Gasteiger partial charge in [0.1, 0.15) is 0 Å². The second kappa shape index (κ2) is 7.19. The lowest BCUT2D eigenvalue weighted by atomic mass is 9.89. The Morgan fingerprint density at radius 3 is 2.69 bits per heavy atom. The van der Waals surface area contributed by atoms with Crippen molar-refractivity contribution in [3.63, 3.8) is 0 Å². The maximum Gasteiger partial charge on any atom is 0.322 e. The Kier molecular flexibility index (Phi) is 4.51. The first-order valence-corrected chi connectivity index (χ1v) is 10.4. The first-order chi connectivity index (χ1) is 14.1. The molecule has 0 saturated carbocycles. The fourth-order valence-corrected chi connectivity index (χ4v) is 5.11. The largest absolute Gasteiger partial charge is 0.336 e. The van der Waals surface area contributed by atoms with E-state index in [1.807, 2.05) is 48.2 Å². The number of hydrogen-bond donors (Lipinski definition) is 2. The SMILES string of the molecule is Cc1ccc(C(=O)N2C[C@@H]3CNC[C@@H]3[C@@H]2c2ccccc2)cc1N1CCNC1=O. The second-order valence-electron chi connectivity index (χ2n) is 8.28. The van der Waals surface area contributed by atoms with E-state index < -0.39 is 0 Å². The van der Waals surface area contributed by atoms with Gasteiger partial charge in [-0.3, -0.25) is 9.69 Å². The highest BCUT2D eigenvalue weighted by molar-refractivity contribution is 5.99. The van der Waals surface area contributed by atoms with E-state index in [2.05, 4.69) is 22.8 Å². The first-order valence-electron chi connectivity index (χ1n) is 10.4. The molecule has 3 heterocycles. The van der Waals surface area contributed by atoms with Crippen LogP contribution in [0, 0.1) is 18.8 Å². The number of fused-ring (bicyclic) bond motifs is 1. The smallest absolute Gasteiger partial charge is 0.322 e. The summed E-state index contributed by atoms with van der Waals surface area (Å²) in [5.41, 5.74) is 3.67. The molecule has 6 nitrogen and oxygen atoms in total. The summed E-state index contributed by atoms with van der Waals surface area (Å²) in [6.45, 7) is 5.92. The number of benzene rings is 2. The molecule has 0 spiro atoms. The average molecular weight is 390 g/mol. The molecule has 150 valence electrons. The third-order valence-corrected chi connectivity index (χ3v) is 6.57. The van der Waals surface area contributed by atoms with Crippen LogP contribution in [0.4, 0.5) is 10.5 Å². The topological polar surface area (TPSA) is 64.7 Å². The molecule has 0 aromatic heterocycles. The van der Waals surface area contributed by atoms with E-state index in [-0.39, 0.29) is 18.0 Å². The minimum absolute atomic E-state index is 0.0501. The van der Waals surface area contributed by atoms with Crippen LogP contribution in [0.5, 0.6) is 0 Å². The highest BCUT2D eigenvalue weighted by atomic mass is 16.2. The van der Waals surface area contributed by atoms with Gasteiger partial charge in [-0.25, -0.2) is 4.79 Å². The summed E-state index contributed by atoms with van der Waals surface area (Å²) < 4.78 is 0. The van der Waals surface area contributed by atoms with Crippen LogP contribution in [-0.4, -0.2) is 49.6 Å². The fourth-order valence-electron chi connectivity index (χ4n) is 5.11. The van der Waals surface area contributed by atoms with E-state index in [9.17, 15) is 9.59 Å². The molecular formula is C23H26N4O2. The molecule has 2 N–H and O–H groups in total. The molecule has 3 amide bonds. The average Bonchev–Trinajstić information content (AvgIpc) is 3.44. The summed E-state index contributed by atoms with van der Waals surface area (Å²) in [5.74, 6) is 0.975. The van der Waals surface area contributed by atoms with Crippen LogP contribution in [0.3, 0.4) is 0 Å². The summed E-state index contributed by atoms with van der Waals surface area (Å²) in [5, 5.41) is 6.33. The zero-order valence-electron chi connectivity index (χ0n) is 16.6. The number of rotatable bonds is 3. The van der Waals surface area contributed by atoms with Gasteiger partial charge in [-0.1, -0.05) is 36.4 Å². The number of anilines is 1. The zero-order chi connectivity index (χ0) is 20.0. The summed E-state index contributed by atoms with van der Waals surface area (Å²) in [6, 6.07) is 16.1. The maximum atomic E-state index is 13.6. The predicted molar refractivity (Wildman–Crippen MR) is 112 cm³/mol. The quantitative estimate of drug-likeness (QED) is 0.847. The number of carbonyl (C=O) groups excluding carboxylic acids is 2. The van der Waals surface area contributed by atoms with Crippen LogP contribution in [-0.2, 0) is 0 Å². The third-order valence-electron chi connectivity index (χ3n) is 6.57. The highest BCUT2D eigenvalue weighted by Crippen LogP contribution is 2.43. The molecule has 0 radical (unpaired) electrons. The molecule has 29 heavy (non-hydrogen) atoms. The van der Waals surface area contributed by atoms with Crippen LogP contribution in [0.2, 0.25) is 0 Å². The molecule has 2 aromatic carbocycles. The van der Waals surface area contributed by atoms with Crippen LogP contribution >= 0.6 is 0 Å². The molecule has 0 bridgehead atoms. The Hall–Kier alpha value is -2.86. The van der Waals surface area contributed by atoms with Gasteiger partial charge in [0.25, 0.3) is 5.91 Å². The van der Waals surface area contributed by atoms with E-state index >= 15 is 0 Å². The molecule has 3 aliphatic heterocycles. The Morgan fingerprint density at radius 2 is 1.93 bits per heavy atom. The number of amides is 3. The summed E-state index contributed by atoms with van der Waals surface area (Å²) >= 11 is 0. The van der Waals surface area contributed by atoms with Crippen molar-refractivity contribution in [2.75, 3.05) is 37.6 Å². The fraction of sp³-hybridized carbons (Fsp3) is 0.391. The van der Waals surface area contributed by atoms with E-state index in [4.69, 9.17) is 0 Å². The van der Waals surface area contributed by atoms with Crippen molar-refractivity contribution in [2.45, 2.75) is 13.0 Å². The van der Waals surface area contributed by atoms with Crippen molar-refractivity contribution >= 4 is 17.6 Å². The van der Waals surface area contributed by atoms with Gasteiger partial charge in [0.15, 0.2) is 0 Å². The summed E-state index contributed by atoms with van der Waals surface area (Å²) in [7, 11) is 0. The van der Waals surface area contributed by atoms with E-state index in [1.54, 1.807) is 4.90 Å². The molecule has 3 saturated heterocycles. The lowest BCUT2D eigenvalue weighted by Gasteiger charge is -2.29. The number of nitrogens with zero attached hydrogens (tertiary/aromatic N) is 2. The van der Waals surface area contributed by atoms with Crippen molar-refractivity contribution in [2.24, 2.45) is 11.8 Å². The summed E-state index contributed by atoms with van der Waals surface area (Å²) in [4.78, 5) is 29.5. The summed E-state index contributed by atoms with van der Waals surface area (Å²) in [6.07, 6.45) is 0. The van der Waals surface area contributed by atoms with Gasteiger partial charge >= 0.3 is 6.03 Å². The minimum Gasteiger partial charge on any atom is -0.336 e. The van der Waals surface area contributed by atoms with Crippen LogP contribution in [0.25, 0.3) is 0 Å². The van der Waals surface area contributed by atoms with Crippen LogP contribution in [0.1, 0.15) is 27.5 Å². The molecule has 3 aliphatic rings. The predicted octanol–water partition coefficient (Wildman–Crippen LogP) is 2.56. The molecular weight excluding hydrogens is 364 g/mol. The number of hydrogen-bond acceptors (Lipinski definition) is 3. The molecule has 5 rings (SSSR count). The normalized spacial score (nSPS) is 26.0. The van der Waals surface area contributed by atoms with Crippen molar-refractivity contribution < 1.29 is 9.59 Å². The molecule has 0 aliphatic carbocycles. The van der Waals surface area contributed by atoms with Crippen LogP contribution < -0.4 is 15.5 Å². The number of carbonyl (C=O) groups is 2. The van der Waals surface area contributed by atoms with Gasteiger partial charge in [-0.15, -0.1) is 0 Å². The molecule has 2 aromatic rings. The van der Waals surface area contributed by atoms with Gasteiger partial charge in [0.2, 0.25) is 0 Å². The van der Waals surface area contributed by atoms with E-state index in [0.29, 0.717) is 30.5 Å². The highest BCUT2D eigenvalue weighted by Gasteiger charge is 2.46. The third kappa shape index (κ3) is 3.08. The van der Waals surface area contributed by atoms with E-state index in [1.165, 1.54) is 5.56 Å². The number of nitrogens with one attached hydrogen (secondary N) is 2. The molecule has 0 unspecified atom stereocenters. The maximum absolute atomic E-state index is 13.6. The van der Waals surface area contributed by atoms with Gasteiger partial charge in [-0.2, -0.15) is 0 Å². The van der Waals surface area contributed by atoms with Gasteiger partial charge in [-0.05, 0) is 36.1 Å². The zero-order valence-corrected chi connectivity index (χ0v) is 16.6. The Morgan fingerprint density at radius 1 is 1.10 bits per heavy atom. The van der Waals surface area contributed by atoms with Crippen molar-refractivity contribution in [1.82, 2.24) is 15.5 Å². The van der Waals surface area contributed by atoms with Gasteiger partial charge in [0, 0.05) is 49.9 Å². The van der Waals surface area contributed by atoms with Crippen molar-refractivity contribution in [1.29, 1.82) is 0 Å². The van der Waals surface area contributed by atoms with Crippen molar-refractivity contribution in [3.8, 4) is 0 Å². The minimum atomic E-state index is -0.0957. The lowest BCUT2D eigenvalue weighted by molar-refractivity contribution is 0.0714. The standard InChI is InChI=1S/C23H26N4O2/c1-15-7-8-17(11-20(15)26-10-9-25-23(26)29)22(28)27-14-18-12-24-13-19(18)21(27)16-5-3-2-4-6-16/h2-8,11,18-19,21,24H,9-10,12-14H2,1H3,(H,25,29)/t18-,19-,21-/m0/s1. The van der Waals surface area contributed by atoms with Gasteiger partial charge in [0.05, 0.1) is 6.04 Å². The van der Waals surface area contributed by atoms with Crippen LogP contribution in [0.15, 0.2) is 48.5 Å². The second-order valence-corrected chi connectivity index (χ2v) is 8.28. The Labute approximate surface area is 170 Å². The Bertz CT molecular complexity index is 945. The van der Waals surface area contributed by atoms with E-state index in [0.717, 1.165) is 30.9 Å². The molecule has 6 heteroatoms. The van der Waals surface area contributed by atoms with Crippen molar-refractivity contribution in [3.05, 3.63) is 65.2 Å².